The molecule has 4 aromatic rings. The minimum atomic E-state index is -0.422. The van der Waals surface area contributed by atoms with E-state index in [1.54, 1.807) is 41.1 Å². The average Bonchev–Trinajstić information content (AvgIpc) is 3.19. The fourth-order valence-electron chi connectivity index (χ4n) is 2.45. The van der Waals surface area contributed by atoms with Crippen LogP contribution < -0.4 is 11.3 Å². The maximum absolute atomic E-state index is 12.1. The molecular weight excluding hydrogens is 318 g/mol. The van der Waals surface area contributed by atoms with E-state index in [1.165, 1.54) is 6.26 Å². The standard InChI is InChI=1S/C15H10ClN5O2/c16-8-3-5-9(6-4-8)21-13(10-2-1-7-23-10)11-12(20-21)15(22)19-18-14(11)17/h1-7H,(H2,17,18)(H,19,22). The first kappa shape index (κ1) is 13.6. The molecule has 0 unspecified atom stereocenters. The lowest BCUT2D eigenvalue weighted by Crippen LogP contribution is -2.10. The number of anilines is 1. The third-order valence-electron chi connectivity index (χ3n) is 3.46. The van der Waals surface area contributed by atoms with Crippen molar-refractivity contribution in [3.05, 3.63) is 58.0 Å². The molecule has 3 aromatic heterocycles. The van der Waals surface area contributed by atoms with Crippen LogP contribution >= 0.6 is 11.6 Å². The molecule has 0 spiro atoms. The number of nitrogens with zero attached hydrogens (tertiary/aromatic N) is 3. The molecule has 4 rings (SSSR count). The summed E-state index contributed by atoms with van der Waals surface area (Å²) in [4.78, 5) is 12.1. The van der Waals surface area contributed by atoms with Crippen LogP contribution in [0.25, 0.3) is 28.0 Å². The molecular formula is C15H10ClN5O2. The molecule has 0 saturated carbocycles. The fraction of sp³-hybridized carbons (Fsp3) is 0. The second-order valence-corrected chi connectivity index (χ2v) is 5.31. The summed E-state index contributed by atoms with van der Waals surface area (Å²) in [5, 5.41) is 11.6. The van der Waals surface area contributed by atoms with Crippen LogP contribution in [0.4, 0.5) is 5.82 Å². The first-order valence-corrected chi connectivity index (χ1v) is 7.09. The van der Waals surface area contributed by atoms with Crippen molar-refractivity contribution in [1.82, 2.24) is 20.0 Å². The number of fused-ring (bicyclic) bond motifs is 1. The van der Waals surface area contributed by atoms with E-state index < -0.39 is 5.56 Å². The molecule has 7 nitrogen and oxygen atoms in total. The van der Waals surface area contributed by atoms with Gasteiger partial charge >= 0.3 is 0 Å². The third-order valence-corrected chi connectivity index (χ3v) is 3.71. The minimum Gasteiger partial charge on any atom is -0.463 e. The number of nitrogens with two attached hydrogens (primary N) is 1. The molecule has 0 bridgehead atoms. The topological polar surface area (TPSA) is 103 Å². The van der Waals surface area contributed by atoms with E-state index in [0.717, 1.165) is 5.69 Å². The van der Waals surface area contributed by atoms with E-state index in [0.29, 0.717) is 21.9 Å². The molecule has 8 heteroatoms. The lowest BCUT2D eigenvalue weighted by molar-refractivity contribution is 0.577. The number of H-pyrrole nitrogens is 1. The predicted molar refractivity (Wildman–Crippen MR) is 86.6 cm³/mol. The van der Waals surface area contributed by atoms with Crippen molar-refractivity contribution in [1.29, 1.82) is 0 Å². The summed E-state index contributed by atoms with van der Waals surface area (Å²) < 4.78 is 7.07. The lowest BCUT2D eigenvalue weighted by atomic mass is 10.2. The number of halogens is 1. The SMILES string of the molecule is Nc1n[nH]c(=O)c2nn(-c3ccc(Cl)cc3)c(-c3ccco3)c12. The molecule has 3 heterocycles. The molecule has 0 amide bonds. The van der Waals surface area contributed by atoms with Crippen molar-refractivity contribution in [2.24, 2.45) is 0 Å². The molecule has 114 valence electrons. The van der Waals surface area contributed by atoms with Gasteiger partial charge in [0.1, 0.15) is 5.69 Å². The molecule has 0 fully saturated rings. The van der Waals surface area contributed by atoms with E-state index in [1.807, 2.05) is 0 Å². The molecule has 3 N–H and O–H groups in total. The second kappa shape index (κ2) is 4.99. The Hall–Kier alpha value is -3.06. The Morgan fingerprint density at radius 1 is 1.22 bits per heavy atom. The van der Waals surface area contributed by atoms with E-state index in [4.69, 9.17) is 21.8 Å². The maximum Gasteiger partial charge on any atom is 0.292 e. The van der Waals surface area contributed by atoms with Gasteiger partial charge in [0.25, 0.3) is 5.56 Å². The summed E-state index contributed by atoms with van der Waals surface area (Å²) in [6.07, 6.45) is 1.54. The smallest absolute Gasteiger partial charge is 0.292 e. The van der Waals surface area contributed by atoms with E-state index in [2.05, 4.69) is 15.3 Å². The summed E-state index contributed by atoms with van der Waals surface area (Å²) in [6.45, 7) is 0. The Bertz CT molecular complexity index is 1050. The van der Waals surface area contributed by atoms with Gasteiger partial charge in [-0.15, -0.1) is 0 Å². The average molecular weight is 328 g/mol. The molecule has 0 radical (unpaired) electrons. The fourth-order valence-corrected chi connectivity index (χ4v) is 2.58. The number of hydrogen-bond acceptors (Lipinski definition) is 5. The zero-order valence-electron chi connectivity index (χ0n) is 11.7. The van der Waals surface area contributed by atoms with Gasteiger partial charge in [-0.2, -0.15) is 10.2 Å². The van der Waals surface area contributed by atoms with Crippen molar-refractivity contribution < 1.29 is 4.42 Å². The lowest BCUT2D eigenvalue weighted by Gasteiger charge is -2.06. The van der Waals surface area contributed by atoms with E-state index >= 15 is 0 Å². The Balaban J connectivity index is 2.13. The zero-order chi connectivity index (χ0) is 16.0. The van der Waals surface area contributed by atoms with Gasteiger partial charge in [0.2, 0.25) is 0 Å². The van der Waals surface area contributed by atoms with Crippen LogP contribution in [0.15, 0.2) is 51.9 Å². The Morgan fingerprint density at radius 3 is 2.70 bits per heavy atom. The van der Waals surface area contributed by atoms with E-state index in [9.17, 15) is 4.79 Å². The molecule has 0 atom stereocenters. The number of nitrogen functional groups attached to an aromatic ring is 1. The van der Waals surface area contributed by atoms with Gasteiger partial charge in [0.15, 0.2) is 17.1 Å². The highest BCUT2D eigenvalue weighted by atomic mass is 35.5. The van der Waals surface area contributed by atoms with Crippen LogP contribution in [-0.2, 0) is 0 Å². The van der Waals surface area contributed by atoms with Gasteiger partial charge in [0.05, 0.1) is 17.3 Å². The van der Waals surface area contributed by atoms with Crippen LogP contribution in [0.5, 0.6) is 0 Å². The largest absolute Gasteiger partial charge is 0.463 e. The molecule has 1 aromatic carbocycles. The Kier molecular flexibility index (Phi) is 2.95. The summed E-state index contributed by atoms with van der Waals surface area (Å²) in [7, 11) is 0. The minimum absolute atomic E-state index is 0.172. The third kappa shape index (κ3) is 2.09. The quantitative estimate of drug-likeness (QED) is 0.589. The van der Waals surface area contributed by atoms with Crippen LogP contribution in [-0.4, -0.2) is 20.0 Å². The number of aromatic amines is 1. The predicted octanol–water partition coefficient (Wildman–Crippen LogP) is 2.60. The highest BCUT2D eigenvalue weighted by molar-refractivity contribution is 6.30. The Morgan fingerprint density at radius 2 is 2.00 bits per heavy atom. The van der Waals surface area contributed by atoms with Gasteiger partial charge in [-0.25, -0.2) is 9.78 Å². The summed E-state index contributed by atoms with van der Waals surface area (Å²) in [5.41, 5.74) is 7.00. The summed E-state index contributed by atoms with van der Waals surface area (Å²) in [5.74, 6) is 0.702. The van der Waals surface area contributed by atoms with Crippen LogP contribution in [0, 0.1) is 0 Å². The number of benzene rings is 1. The van der Waals surface area contributed by atoms with Gasteiger partial charge < -0.3 is 10.2 Å². The molecule has 0 aliphatic heterocycles. The van der Waals surface area contributed by atoms with E-state index in [-0.39, 0.29) is 11.3 Å². The first-order chi connectivity index (χ1) is 11.1. The highest BCUT2D eigenvalue weighted by Gasteiger charge is 2.21. The number of aromatic nitrogens is 4. The van der Waals surface area contributed by atoms with Crippen molar-refractivity contribution in [3.8, 4) is 17.1 Å². The molecule has 0 aliphatic carbocycles. The zero-order valence-corrected chi connectivity index (χ0v) is 12.4. The normalized spacial score (nSPS) is 11.2. The maximum atomic E-state index is 12.1. The van der Waals surface area contributed by atoms with Gasteiger partial charge in [0, 0.05) is 5.02 Å². The van der Waals surface area contributed by atoms with Gasteiger partial charge in [-0.05, 0) is 36.4 Å². The van der Waals surface area contributed by atoms with Crippen LogP contribution in [0.3, 0.4) is 0 Å². The van der Waals surface area contributed by atoms with Crippen molar-refractivity contribution in [2.75, 3.05) is 5.73 Å². The van der Waals surface area contributed by atoms with Crippen LogP contribution in [0.1, 0.15) is 0 Å². The first-order valence-electron chi connectivity index (χ1n) is 6.72. The van der Waals surface area contributed by atoms with Gasteiger partial charge in [-0.3, -0.25) is 4.79 Å². The second-order valence-electron chi connectivity index (χ2n) is 4.88. The highest BCUT2D eigenvalue weighted by Crippen LogP contribution is 2.32. The molecule has 0 aliphatic rings. The van der Waals surface area contributed by atoms with Crippen molar-refractivity contribution in [2.45, 2.75) is 0 Å². The van der Waals surface area contributed by atoms with Crippen molar-refractivity contribution >= 4 is 28.3 Å². The Labute approximate surface area is 134 Å². The number of furan rings is 1. The summed E-state index contributed by atoms with van der Waals surface area (Å²) in [6, 6.07) is 10.6. The van der Waals surface area contributed by atoms with Crippen molar-refractivity contribution in [3.63, 3.8) is 0 Å². The number of hydrogen-bond donors (Lipinski definition) is 2. The number of rotatable bonds is 2. The van der Waals surface area contributed by atoms with Gasteiger partial charge in [-0.1, -0.05) is 11.6 Å². The molecule has 23 heavy (non-hydrogen) atoms. The number of nitrogens with one attached hydrogen (secondary N) is 1. The monoisotopic (exact) mass is 327 g/mol. The molecule has 0 saturated heterocycles. The summed E-state index contributed by atoms with van der Waals surface area (Å²) >= 11 is 5.93. The van der Waals surface area contributed by atoms with Crippen LogP contribution in [0.2, 0.25) is 5.02 Å².